The number of carbonyl (C=O) groups is 1. The zero-order valence-electron chi connectivity index (χ0n) is 9.87. The maximum atomic E-state index is 11.9. The van der Waals surface area contributed by atoms with Crippen LogP contribution < -0.4 is 5.32 Å². The highest BCUT2D eigenvalue weighted by Crippen LogP contribution is 2.21. The van der Waals surface area contributed by atoms with Crippen LogP contribution in [0.5, 0.6) is 0 Å². The van der Waals surface area contributed by atoms with Gasteiger partial charge in [0.1, 0.15) is 0 Å². The highest BCUT2D eigenvalue weighted by atomic mass is 16.2. The van der Waals surface area contributed by atoms with Crippen molar-refractivity contribution in [3.05, 3.63) is 0 Å². The SMILES string of the molecule is CCC(C)N1C(=O)C(C)NC1C(C)C. The molecule has 1 N–H and O–H groups in total. The van der Waals surface area contributed by atoms with E-state index in [4.69, 9.17) is 0 Å². The Kier molecular flexibility index (Phi) is 3.53. The van der Waals surface area contributed by atoms with E-state index in [9.17, 15) is 4.79 Å². The van der Waals surface area contributed by atoms with E-state index in [1.807, 2.05) is 11.8 Å². The summed E-state index contributed by atoms with van der Waals surface area (Å²) in [5.41, 5.74) is 0. The molecule has 3 nitrogen and oxygen atoms in total. The molecule has 1 rings (SSSR count). The summed E-state index contributed by atoms with van der Waals surface area (Å²) >= 11 is 0. The highest BCUT2D eigenvalue weighted by Gasteiger charge is 2.39. The van der Waals surface area contributed by atoms with E-state index in [-0.39, 0.29) is 18.1 Å². The first-order valence-corrected chi connectivity index (χ1v) is 5.57. The van der Waals surface area contributed by atoms with Gasteiger partial charge >= 0.3 is 0 Å². The normalized spacial score (nSPS) is 30.1. The van der Waals surface area contributed by atoms with Crippen molar-refractivity contribution < 1.29 is 4.79 Å². The molecule has 1 amide bonds. The molecule has 1 heterocycles. The van der Waals surface area contributed by atoms with Crippen LogP contribution in [0.2, 0.25) is 0 Å². The van der Waals surface area contributed by atoms with Crippen molar-refractivity contribution >= 4 is 5.91 Å². The minimum atomic E-state index is -0.0172. The van der Waals surface area contributed by atoms with Gasteiger partial charge in [-0.1, -0.05) is 20.8 Å². The van der Waals surface area contributed by atoms with Gasteiger partial charge in [0.25, 0.3) is 0 Å². The molecule has 0 aliphatic carbocycles. The Hall–Kier alpha value is -0.570. The van der Waals surface area contributed by atoms with Gasteiger partial charge in [0, 0.05) is 6.04 Å². The second-order valence-electron chi connectivity index (χ2n) is 4.58. The van der Waals surface area contributed by atoms with E-state index in [2.05, 4.69) is 33.0 Å². The molecule has 0 aromatic carbocycles. The minimum Gasteiger partial charge on any atom is -0.323 e. The predicted molar refractivity (Wildman–Crippen MR) is 57.8 cm³/mol. The predicted octanol–water partition coefficient (Wildman–Crippen LogP) is 1.59. The first kappa shape index (κ1) is 11.5. The van der Waals surface area contributed by atoms with Crippen molar-refractivity contribution in [1.29, 1.82) is 0 Å². The summed E-state index contributed by atoms with van der Waals surface area (Å²) in [7, 11) is 0. The van der Waals surface area contributed by atoms with Gasteiger partial charge in [-0.2, -0.15) is 0 Å². The minimum absolute atomic E-state index is 0.0172. The summed E-state index contributed by atoms with van der Waals surface area (Å²) in [5, 5.41) is 3.34. The number of nitrogens with zero attached hydrogens (tertiary/aromatic N) is 1. The van der Waals surface area contributed by atoms with Crippen LogP contribution in [0.25, 0.3) is 0 Å². The fourth-order valence-corrected chi connectivity index (χ4v) is 1.97. The van der Waals surface area contributed by atoms with Crippen molar-refractivity contribution in [1.82, 2.24) is 10.2 Å². The van der Waals surface area contributed by atoms with E-state index in [0.29, 0.717) is 12.0 Å². The van der Waals surface area contributed by atoms with Crippen LogP contribution in [0.15, 0.2) is 0 Å². The second-order valence-corrected chi connectivity index (χ2v) is 4.58. The van der Waals surface area contributed by atoms with E-state index in [1.54, 1.807) is 0 Å². The molecule has 0 radical (unpaired) electrons. The van der Waals surface area contributed by atoms with Gasteiger partial charge in [0.05, 0.1) is 12.2 Å². The fraction of sp³-hybridized carbons (Fsp3) is 0.909. The van der Waals surface area contributed by atoms with Gasteiger partial charge in [-0.3, -0.25) is 10.1 Å². The third-order valence-corrected chi connectivity index (χ3v) is 3.04. The zero-order valence-corrected chi connectivity index (χ0v) is 9.87. The molecular weight excluding hydrogens is 176 g/mol. The molecule has 1 aliphatic heterocycles. The topological polar surface area (TPSA) is 32.3 Å². The van der Waals surface area contributed by atoms with Gasteiger partial charge in [-0.25, -0.2) is 0 Å². The van der Waals surface area contributed by atoms with Gasteiger partial charge in [0.15, 0.2) is 0 Å². The van der Waals surface area contributed by atoms with Gasteiger partial charge in [-0.05, 0) is 26.2 Å². The first-order chi connectivity index (χ1) is 6.49. The molecule has 3 unspecified atom stereocenters. The van der Waals surface area contributed by atoms with Crippen LogP contribution in [0, 0.1) is 5.92 Å². The Morgan fingerprint density at radius 2 is 2.00 bits per heavy atom. The van der Waals surface area contributed by atoms with Crippen molar-refractivity contribution in [2.24, 2.45) is 5.92 Å². The maximum absolute atomic E-state index is 11.9. The van der Waals surface area contributed by atoms with Crippen molar-refractivity contribution in [3.63, 3.8) is 0 Å². The maximum Gasteiger partial charge on any atom is 0.240 e. The van der Waals surface area contributed by atoms with Crippen molar-refractivity contribution in [3.8, 4) is 0 Å². The Balaban J connectivity index is 2.81. The fourth-order valence-electron chi connectivity index (χ4n) is 1.97. The van der Waals surface area contributed by atoms with Crippen LogP contribution in [0.4, 0.5) is 0 Å². The average molecular weight is 198 g/mol. The summed E-state index contributed by atoms with van der Waals surface area (Å²) in [6.07, 6.45) is 1.23. The number of nitrogens with one attached hydrogen (secondary N) is 1. The number of hydrogen-bond acceptors (Lipinski definition) is 2. The molecule has 0 aromatic heterocycles. The lowest BCUT2D eigenvalue weighted by molar-refractivity contribution is -0.132. The molecule has 82 valence electrons. The van der Waals surface area contributed by atoms with Gasteiger partial charge in [-0.15, -0.1) is 0 Å². The molecule has 1 saturated heterocycles. The third kappa shape index (κ3) is 1.92. The van der Waals surface area contributed by atoms with Crippen LogP contribution in [0.3, 0.4) is 0 Å². The molecule has 3 atom stereocenters. The summed E-state index contributed by atoms with van der Waals surface area (Å²) in [5.74, 6) is 0.718. The Morgan fingerprint density at radius 1 is 1.43 bits per heavy atom. The third-order valence-electron chi connectivity index (χ3n) is 3.04. The van der Waals surface area contributed by atoms with Gasteiger partial charge in [0.2, 0.25) is 5.91 Å². The number of carbonyl (C=O) groups excluding carboxylic acids is 1. The lowest BCUT2D eigenvalue weighted by atomic mass is 10.1. The van der Waals surface area contributed by atoms with E-state index in [0.717, 1.165) is 6.42 Å². The van der Waals surface area contributed by atoms with E-state index in [1.165, 1.54) is 0 Å². The largest absolute Gasteiger partial charge is 0.323 e. The lowest BCUT2D eigenvalue weighted by Crippen LogP contribution is -2.46. The quantitative estimate of drug-likeness (QED) is 0.747. The lowest BCUT2D eigenvalue weighted by Gasteiger charge is -2.32. The van der Waals surface area contributed by atoms with E-state index >= 15 is 0 Å². The Bertz CT molecular complexity index is 215. The highest BCUT2D eigenvalue weighted by molar-refractivity contribution is 5.84. The van der Waals surface area contributed by atoms with Crippen LogP contribution in [-0.4, -0.2) is 29.1 Å². The first-order valence-electron chi connectivity index (χ1n) is 5.57. The number of rotatable bonds is 3. The number of amides is 1. The Labute approximate surface area is 86.9 Å². The molecular formula is C11H22N2O. The molecule has 1 aliphatic rings. The molecule has 14 heavy (non-hydrogen) atoms. The summed E-state index contributed by atoms with van der Waals surface area (Å²) < 4.78 is 0. The summed E-state index contributed by atoms with van der Waals surface area (Å²) in [6.45, 7) is 10.5. The standard InChI is InChI=1S/C11H22N2O/c1-6-8(4)13-10(7(2)3)12-9(5)11(13)14/h7-10,12H,6H2,1-5H3. The molecule has 0 saturated carbocycles. The number of hydrogen-bond donors (Lipinski definition) is 1. The van der Waals surface area contributed by atoms with Crippen LogP contribution in [0.1, 0.15) is 41.0 Å². The molecule has 0 bridgehead atoms. The average Bonchev–Trinajstić information content (AvgIpc) is 2.43. The second kappa shape index (κ2) is 4.30. The molecule has 0 spiro atoms. The molecule has 1 fully saturated rings. The summed E-state index contributed by atoms with van der Waals surface area (Å²) in [6, 6.07) is 0.323. The van der Waals surface area contributed by atoms with Gasteiger partial charge < -0.3 is 4.90 Å². The monoisotopic (exact) mass is 198 g/mol. The van der Waals surface area contributed by atoms with Crippen molar-refractivity contribution in [2.75, 3.05) is 0 Å². The molecule has 3 heteroatoms. The van der Waals surface area contributed by atoms with Crippen molar-refractivity contribution in [2.45, 2.75) is 59.3 Å². The van der Waals surface area contributed by atoms with Crippen LogP contribution in [-0.2, 0) is 4.79 Å². The molecule has 0 aromatic rings. The van der Waals surface area contributed by atoms with E-state index < -0.39 is 0 Å². The van der Waals surface area contributed by atoms with Crippen LogP contribution >= 0.6 is 0 Å². The summed E-state index contributed by atoms with van der Waals surface area (Å²) in [4.78, 5) is 13.9. The Morgan fingerprint density at radius 3 is 2.43 bits per heavy atom. The zero-order chi connectivity index (χ0) is 10.9. The smallest absolute Gasteiger partial charge is 0.240 e.